The van der Waals surface area contributed by atoms with E-state index in [1.807, 2.05) is 0 Å². The van der Waals surface area contributed by atoms with E-state index in [0.717, 1.165) is 6.08 Å². The summed E-state index contributed by atoms with van der Waals surface area (Å²) in [5.41, 5.74) is 0. The number of alkyl halides is 2. The lowest BCUT2D eigenvalue weighted by Crippen LogP contribution is -2.54. The molecule has 2 N–H and O–H groups in total. The highest BCUT2D eigenvalue weighted by Gasteiger charge is 2.43. The Morgan fingerprint density at radius 3 is 2.93 bits per heavy atom. The van der Waals surface area contributed by atoms with E-state index in [9.17, 15) is 18.4 Å². The smallest absolute Gasteiger partial charge is 0.324 e. The minimum atomic E-state index is -3.28. The van der Waals surface area contributed by atoms with Crippen molar-refractivity contribution in [2.24, 2.45) is 0 Å². The van der Waals surface area contributed by atoms with Gasteiger partial charge in [0.05, 0.1) is 0 Å². The molecule has 0 spiro atoms. The predicted octanol–water partition coefficient (Wildman–Crippen LogP) is 0.202. The van der Waals surface area contributed by atoms with Gasteiger partial charge in [-0.2, -0.15) is 8.78 Å². The van der Waals surface area contributed by atoms with Crippen LogP contribution in [0.15, 0.2) is 12.7 Å². The van der Waals surface area contributed by atoms with Crippen molar-refractivity contribution in [3.8, 4) is 0 Å². The molecule has 0 aromatic rings. The molecule has 0 aliphatic carbocycles. The van der Waals surface area contributed by atoms with Crippen molar-refractivity contribution in [2.75, 3.05) is 6.54 Å². The van der Waals surface area contributed by atoms with Crippen molar-refractivity contribution in [1.29, 1.82) is 0 Å². The average Bonchev–Trinajstić information content (AvgIpc) is 2.19. The first-order valence-electron chi connectivity index (χ1n) is 4.55. The SMILES string of the molecule is C=CC(=O)NCC1CCC(F)(F)C(=O)N1. The van der Waals surface area contributed by atoms with Gasteiger partial charge >= 0.3 is 5.92 Å². The number of rotatable bonds is 3. The van der Waals surface area contributed by atoms with E-state index in [-0.39, 0.29) is 18.9 Å². The lowest BCUT2D eigenvalue weighted by atomic mass is 10.0. The van der Waals surface area contributed by atoms with Gasteiger partial charge in [-0.25, -0.2) is 0 Å². The molecule has 15 heavy (non-hydrogen) atoms. The number of nitrogens with one attached hydrogen (secondary N) is 2. The summed E-state index contributed by atoms with van der Waals surface area (Å²) in [6.45, 7) is 3.39. The Kier molecular flexibility index (Phi) is 3.39. The maximum absolute atomic E-state index is 12.7. The van der Waals surface area contributed by atoms with E-state index in [4.69, 9.17) is 0 Å². The standard InChI is InChI=1S/C9H12F2N2O2/c1-2-7(14)12-5-6-3-4-9(10,11)8(15)13-6/h2,6H,1,3-5H2,(H,12,14)(H,13,15). The third-order valence-corrected chi connectivity index (χ3v) is 2.18. The van der Waals surface area contributed by atoms with E-state index < -0.39 is 24.3 Å². The van der Waals surface area contributed by atoms with Crippen molar-refractivity contribution < 1.29 is 18.4 Å². The third-order valence-electron chi connectivity index (χ3n) is 2.18. The highest BCUT2D eigenvalue weighted by molar-refractivity contribution is 5.87. The van der Waals surface area contributed by atoms with Gasteiger partial charge in [-0.1, -0.05) is 6.58 Å². The molecule has 1 aliphatic rings. The lowest BCUT2D eigenvalue weighted by Gasteiger charge is -2.28. The highest BCUT2D eigenvalue weighted by atomic mass is 19.3. The summed E-state index contributed by atoms with van der Waals surface area (Å²) in [6, 6.07) is -0.430. The van der Waals surface area contributed by atoms with Gasteiger partial charge in [0, 0.05) is 19.0 Å². The summed E-state index contributed by atoms with van der Waals surface area (Å²) < 4.78 is 25.4. The van der Waals surface area contributed by atoms with Crippen LogP contribution in [-0.4, -0.2) is 30.3 Å². The van der Waals surface area contributed by atoms with Crippen molar-refractivity contribution in [2.45, 2.75) is 24.8 Å². The van der Waals surface area contributed by atoms with E-state index in [1.54, 1.807) is 0 Å². The van der Waals surface area contributed by atoms with Crippen LogP contribution in [0.1, 0.15) is 12.8 Å². The largest absolute Gasteiger partial charge is 0.351 e. The summed E-state index contributed by atoms with van der Waals surface area (Å²) in [5.74, 6) is -4.94. The van der Waals surface area contributed by atoms with Crippen LogP contribution in [0.5, 0.6) is 0 Å². The van der Waals surface area contributed by atoms with Gasteiger partial charge in [0.2, 0.25) is 5.91 Å². The van der Waals surface area contributed by atoms with Crippen LogP contribution < -0.4 is 10.6 Å². The topological polar surface area (TPSA) is 58.2 Å². The molecule has 0 aromatic carbocycles. The fraction of sp³-hybridized carbons (Fsp3) is 0.556. The van der Waals surface area contributed by atoms with Crippen molar-refractivity contribution in [3.05, 3.63) is 12.7 Å². The van der Waals surface area contributed by atoms with E-state index >= 15 is 0 Å². The van der Waals surface area contributed by atoms with Gasteiger partial charge in [0.25, 0.3) is 5.91 Å². The fourth-order valence-corrected chi connectivity index (χ4v) is 1.28. The molecule has 1 fully saturated rings. The van der Waals surface area contributed by atoms with Crippen LogP contribution in [-0.2, 0) is 9.59 Å². The average molecular weight is 218 g/mol. The van der Waals surface area contributed by atoms with Crippen LogP contribution in [0.4, 0.5) is 8.78 Å². The predicted molar refractivity (Wildman–Crippen MR) is 49.3 cm³/mol. The van der Waals surface area contributed by atoms with Crippen LogP contribution >= 0.6 is 0 Å². The van der Waals surface area contributed by atoms with Crippen molar-refractivity contribution in [1.82, 2.24) is 10.6 Å². The van der Waals surface area contributed by atoms with Gasteiger partial charge < -0.3 is 10.6 Å². The Morgan fingerprint density at radius 1 is 1.73 bits per heavy atom. The normalized spacial score (nSPS) is 24.1. The quantitative estimate of drug-likeness (QED) is 0.665. The Hall–Kier alpha value is -1.46. The minimum Gasteiger partial charge on any atom is -0.351 e. The maximum Gasteiger partial charge on any atom is 0.324 e. The molecule has 2 amide bonds. The number of carbonyl (C=O) groups excluding carboxylic acids is 2. The Labute approximate surface area is 85.7 Å². The zero-order valence-corrected chi connectivity index (χ0v) is 8.06. The molecule has 1 unspecified atom stereocenters. The summed E-state index contributed by atoms with van der Waals surface area (Å²) in [6.07, 6.45) is 0.753. The second-order valence-electron chi connectivity index (χ2n) is 3.36. The first kappa shape index (κ1) is 11.6. The van der Waals surface area contributed by atoms with Crippen LogP contribution in [0.25, 0.3) is 0 Å². The lowest BCUT2D eigenvalue weighted by molar-refractivity contribution is -0.151. The Morgan fingerprint density at radius 2 is 2.40 bits per heavy atom. The number of hydrogen-bond donors (Lipinski definition) is 2. The van der Waals surface area contributed by atoms with Gasteiger partial charge in [-0.05, 0) is 12.5 Å². The molecule has 1 aliphatic heterocycles. The van der Waals surface area contributed by atoms with Crippen LogP contribution in [0, 0.1) is 0 Å². The molecular formula is C9H12F2N2O2. The molecule has 6 heteroatoms. The van der Waals surface area contributed by atoms with Crippen LogP contribution in [0.3, 0.4) is 0 Å². The van der Waals surface area contributed by atoms with E-state index in [2.05, 4.69) is 17.2 Å². The number of carbonyl (C=O) groups is 2. The summed E-state index contributed by atoms with van der Waals surface area (Å²) in [4.78, 5) is 21.6. The molecule has 0 bridgehead atoms. The van der Waals surface area contributed by atoms with E-state index in [0.29, 0.717) is 0 Å². The van der Waals surface area contributed by atoms with Gasteiger partial charge in [0.15, 0.2) is 0 Å². The molecule has 4 nitrogen and oxygen atoms in total. The molecular weight excluding hydrogens is 206 g/mol. The van der Waals surface area contributed by atoms with Gasteiger partial charge in [-0.3, -0.25) is 9.59 Å². The summed E-state index contributed by atoms with van der Waals surface area (Å²) in [5, 5.41) is 4.58. The number of amides is 2. The second-order valence-corrected chi connectivity index (χ2v) is 3.36. The van der Waals surface area contributed by atoms with Gasteiger partial charge in [-0.15, -0.1) is 0 Å². The number of piperidine rings is 1. The monoisotopic (exact) mass is 218 g/mol. The Bertz CT molecular complexity index is 292. The summed E-state index contributed by atoms with van der Waals surface area (Å²) >= 11 is 0. The Balaban J connectivity index is 2.39. The minimum absolute atomic E-state index is 0.146. The number of halogens is 2. The molecule has 1 saturated heterocycles. The first-order valence-corrected chi connectivity index (χ1v) is 4.55. The van der Waals surface area contributed by atoms with Gasteiger partial charge in [0.1, 0.15) is 0 Å². The summed E-state index contributed by atoms with van der Waals surface area (Å²) in [7, 11) is 0. The van der Waals surface area contributed by atoms with Crippen LogP contribution in [0.2, 0.25) is 0 Å². The third kappa shape index (κ3) is 3.00. The molecule has 84 valence electrons. The maximum atomic E-state index is 12.7. The highest BCUT2D eigenvalue weighted by Crippen LogP contribution is 2.25. The molecule has 1 heterocycles. The molecule has 0 radical (unpaired) electrons. The molecule has 1 atom stereocenters. The molecule has 0 saturated carbocycles. The first-order chi connectivity index (χ1) is 6.95. The fourth-order valence-electron chi connectivity index (χ4n) is 1.28. The zero-order chi connectivity index (χ0) is 11.5. The second kappa shape index (κ2) is 4.37. The van der Waals surface area contributed by atoms with Crippen molar-refractivity contribution in [3.63, 3.8) is 0 Å². The zero-order valence-electron chi connectivity index (χ0n) is 8.06. The molecule has 1 rings (SSSR count). The van der Waals surface area contributed by atoms with Crippen molar-refractivity contribution >= 4 is 11.8 Å². The van der Waals surface area contributed by atoms with E-state index in [1.165, 1.54) is 0 Å². The number of hydrogen-bond acceptors (Lipinski definition) is 2. The molecule has 0 aromatic heterocycles.